The van der Waals surface area contributed by atoms with Crippen LogP contribution in [0.25, 0.3) is 0 Å². The van der Waals surface area contributed by atoms with Crippen LogP contribution < -0.4 is 10.1 Å². The summed E-state index contributed by atoms with van der Waals surface area (Å²) in [5, 5.41) is 13.5. The highest BCUT2D eigenvalue weighted by Gasteiger charge is 2.20. The molecule has 2 atom stereocenters. The van der Waals surface area contributed by atoms with E-state index >= 15 is 0 Å². The topological polar surface area (TPSA) is 50.7 Å². The van der Waals surface area contributed by atoms with Gasteiger partial charge >= 0.3 is 0 Å². The van der Waals surface area contributed by atoms with Crippen molar-refractivity contribution in [3.63, 3.8) is 0 Å². The zero-order valence-corrected chi connectivity index (χ0v) is 12.3. The minimum Gasteiger partial charge on any atom is -0.497 e. The van der Waals surface area contributed by atoms with Crippen molar-refractivity contribution < 1.29 is 14.6 Å². The van der Waals surface area contributed by atoms with Gasteiger partial charge in [-0.25, -0.2) is 0 Å². The fourth-order valence-corrected chi connectivity index (χ4v) is 1.81. The molecule has 0 heterocycles. The molecule has 4 heteroatoms. The molecule has 0 saturated carbocycles. The van der Waals surface area contributed by atoms with Gasteiger partial charge in [-0.1, -0.05) is 12.1 Å². The summed E-state index contributed by atoms with van der Waals surface area (Å²) in [4.78, 5) is 0. The van der Waals surface area contributed by atoms with Crippen LogP contribution in [0.4, 0.5) is 0 Å². The summed E-state index contributed by atoms with van der Waals surface area (Å²) in [7, 11) is 3.30. The third-order valence-electron chi connectivity index (χ3n) is 3.23. The van der Waals surface area contributed by atoms with Gasteiger partial charge in [-0.2, -0.15) is 0 Å². The predicted molar refractivity (Wildman–Crippen MR) is 76.5 cm³/mol. The lowest BCUT2D eigenvalue weighted by Crippen LogP contribution is -2.39. The van der Waals surface area contributed by atoms with E-state index in [1.807, 2.05) is 31.2 Å². The van der Waals surface area contributed by atoms with Crippen molar-refractivity contribution in [3.8, 4) is 5.75 Å². The van der Waals surface area contributed by atoms with Crippen LogP contribution in [0.15, 0.2) is 24.3 Å². The second-order valence-electron chi connectivity index (χ2n) is 5.12. The lowest BCUT2D eigenvalue weighted by Gasteiger charge is -2.26. The molecular weight excluding hydrogens is 242 g/mol. The van der Waals surface area contributed by atoms with Crippen LogP contribution in [-0.4, -0.2) is 38.1 Å². The Morgan fingerprint density at radius 2 is 2.11 bits per heavy atom. The van der Waals surface area contributed by atoms with Crippen LogP contribution in [-0.2, 0) is 4.74 Å². The van der Waals surface area contributed by atoms with E-state index < -0.39 is 5.60 Å². The molecule has 1 aromatic carbocycles. The van der Waals surface area contributed by atoms with Gasteiger partial charge in [0.1, 0.15) is 5.75 Å². The molecular formula is C15H25NO3. The Kier molecular flexibility index (Phi) is 6.28. The number of rotatable bonds is 8. The minimum atomic E-state index is -0.761. The summed E-state index contributed by atoms with van der Waals surface area (Å²) in [6.45, 7) is 4.97. The normalized spacial score (nSPS) is 15.8. The van der Waals surface area contributed by atoms with Gasteiger partial charge in [0.25, 0.3) is 0 Å². The Balaban J connectivity index is 2.52. The molecule has 0 aliphatic heterocycles. The van der Waals surface area contributed by atoms with E-state index in [0.29, 0.717) is 19.6 Å². The van der Waals surface area contributed by atoms with Gasteiger partial charge in [0, 0.05) is 32.7 Å². The van der Waals surface area contributed by atoms with Gasteiger partial charge in [-0.3, -0.25) is 0 Å². The maximum Gasteiger partial charge on any atom is 0.119 e. The zero-order valence-electron chi connectivity index (χ0n) is 12.3. The van der Waals surface area contributed by atoms with Crippen molar-refractivity contribution in [2.75, 3.05) is 27.4 Å². The molecule has 0 amide bonds. The lowest BCUT2D eigenvalue weighted by molar-refractivity contribution is 0.0231. The zero-order chi connectivity index (χ0) is 14.3. The van der Waals surface area contributed by atoms with Crippen LogP contribution in [0, 0.1) is 0 Å². The number of benzene rings is 1. The van der Waals surface area contributed by atoms with E-state index in [-0.39, 0.29) is 6.04 Å². The van der Waals surface area contributed by atoms with Crippen LogP contribution in [0.3, 0.4) is 0 Å². The van der Waals surface area contributed by atoms with Crippen molar-refractivity contribution in [1.29, 1.82) is 0 Å². The van der Waals surface area contributed by atoms with Crippen molar-refractivity contribution in [2.24, 2.45) is 0 Å². The molecule has 0 fully saturated rings. The second kappa shape index (κ2) is 7.48. The SMILES string of the molecule is COCCC(C)(O)CNC(C)c1cccc(OC)c1. The molecule has 0 saturated heterocycles. The Bertz CT molecular complexity index is 379. The average Bonchev–Trinajstić information content (AvgIpc) is 2.43. The summed E-state index contributed by atoms with van der Waals surface area (Å²) >= 11 is 0. The maximum absolute atomic E-state index is 10.2. The average molecular weight is 267 g/mol. The number of hydrogen-bond donors (Lipinski definition) is 2. The number of ether oxygens (including phenoxy) is 2. The summed E-state index contributed by atoms with van der Waals surface area (Å²) in [6, 6.07) is 8.09. The van der Waals surface area contributed by atoms with Gasteiger partial charge in [0.05, 0.1) is 12.7 Å². The molecule has 2 unspecified atom stereocenters. The third kappa shape index (κ3) is 5.59. The minimum absolute atomic E-state index is 0.157. The Hall–Kier alpha value is -1.10. The molecule has 0 spiro atoms. The van der Waals surface area contributed by atoms with Crippen molar-refractivity contribution in [2.45, 2.75) is 31.9 Å². The molecule has 0 aromatic heterocycles. The van der Waals surface area contributed by atoms with Crippen molar-refractivity contribution >= 4 is 0 Å². The van der Waals surface area contributed by atoms with Gasteiger partial charge in [-0.05, 0) is 31.5 Å². The summed E-state index contributed by atoms with van der Waals surface area (Å²) in [5.41, 5.74) is 0.380. The first-order valence-corrected chi connectivity index (χ1v) is 6.57. The summed E-state index contributed by atoms with van der Waals surface area (Å²) in [6.07, 6.45) is 0.612. The number of hydrogen-bond acceptors (Lipinski definition) is 4. The number of nitrogens with one attached hydrogen (secondary N) is 1. The smallest absolute Gasteiger partial charge is 0.119 e. The Morgan fingerprint density at radius 1 is 1.37 bits per heavy atom. The van der Waals surface area contributed by atoms with E-state index in [0.717, 1.165) is 11.3 Å². The molecule has 1 aromatic rings. The molecule has 0 aliphatic rings. The highest BCUT2D eigenvalue weighted by Crippen LogP contribution is 2.19. The summed E-state index contributed by atoms with van der Waals surface area (Å²) in [5.74, 6) is 0.845. The molecule has 19 heavy (non-hydrogen) atoms. The van der Waals surface area contributed by atoms with E-state index in [4.69, 9.17) is 9.47 Å². The fraction of sp³-hybridized carbons (Fsp3) is 0.600. The van der Waals surface area contributed by atoms with E-state index in [1.165, 1.54) is 0 Å². The monoisotopic (exact) mass is 267 g/mol. The van der Waals surface area contributed by atoms with Crippen molar-refractivity contribution in [1.82, 2.24) is 5.32 Å². The molecule has 2 N–H and O–H groups in total. The highest BCUT2D eigenvalue weighted by atomic mass is 16.5. The first kappa shape index (κ1) is 16.0. The van der Waals surface area contributed by atoms with E-state index in [1.54, 1.807) is 14.2 Å². The standard InChI is InChI=1S/C15H25NO3/c1-12(13-6-5-7-14(10-13)19-4)16-11-15(2,17)8-9-18-3/h5-7,10,12,16-17H,8-9,11H2,1-4H3. The lowest BCUT2D eigenvalue weighted by atomic mass is 10.0. The van der Waals surface area contributed by atoms with Crippen LogP contribution >= 0.6 is 0 Å². The van der Waals surface area contributed by atoms with E-state index in [2.05, 4.69) is 12.2 Å². The molecule has 108 valence electrons. The van der Waals surface area contributed by atoms with Crippen LogP contribution in [0.5, 0.6) is 5.75 Å². The predicted octanol–water partition coefficient (Wildman–Crippen LogP) is 2.13. The highest BCUT2D eigenvalue weighted by molar-refractivity contribution is 5.30. The van der Waals surface area contributed by atoms with Crippen LogP contribution in [0.2, 0.25) is 0 Å². The molecule has 1 rings (SSSR count). The molecule has 4 nitrogen and oxygen atoms in total. The van der Waals surface area contributed by atoms with Gasteiger partial charge in [-0.15, -0.1) is 0 Å². The number of aliphatic hydroxyl groups is 1. The second-order valence-corrected chi connectivity index (χ2v) is 5.12. The van der Waals surface area contributed by atoms with E-state index in [9.17, 15) is 5.11 Å². The third-order valence-corrected chi connectivity index (χ3v) is 3.23. The quantitative estimate of drug-likeness (QED) is 0.757. The molecule has 0 radical (unpaired) electrons. The van der Waals surface area contributed by atoms with Crippen molar-refractivity contribution in [3.05, 3.63) is 29.8 Å². The largest absolute Gasteiger partial charge is 0.497 e. The molecule has 0 bridgehead atoms. The van der Waals surface area contributed by atoms with Crippen LogP contribution in [0.1, 0.15) is 31.9 Å². The maximum atomic E-state index is 10.2. The Morgan fingerprint density at radius 3 is 2.74 bits per heavy atom. The fourth-order valence-electron chi connectivity index (χ4n) is 1.81. The molecule has 0 aliphatic carbocycles. The van der Waals surface area contributed by atoms with Gasteiger partial charge in [0.15, 0.2) is 0 Å². The van der Waals surface area contributed by atoms with Gasteiger partial charge in [0.2, 0.25) is 0 Å². The first-order valence-electron chi connectivity index (χ1n) is 6.57. The number of methoxy groups -OCH3 is 2. The summed E-state index contributed by atoms with van der Waals surface area (Å²) < 4.78 is 10.2. The van der Waals surface area contributed by atoms with Gasteiger partial charge < -0.3 is 19.9 Å². The Labute approximate surface area is 115 Å². The first-order chi connectivity index (χ1) is 8.98.